The van der Waals surface area contributed by atoms with E-state index < -0.39 is 46.4 Å². The normalized spacial score (nSPS) is 34.6. The number of halogens is 7. The van der Waals surface area contributed by atoms with E-state index in [4.69, 9.17) is 0 Å². The number of allylic oxidation sites excluding steroid dienone is 1. The summed E-state index contributed by atoms with van der Waals surface area (Å²) in [5.74, 6) is -14.8. The fourth-order valence-electron chi connectivity index (χ4n) is 2.10. The molecule has 3 nitrogen and oxygen atoms in total. The lowest BCUT2D eigenvalue weighted by molar-refractivity contribution is -0.408. The second kappa shape index (κ2) is 3.75. The van der Waals surface area contributed by atoms with E-state index in [9.17, 15) is 30.9 Å². The zero-order valence-electron chi connectivity index (χ0n) is 9.85. The number of rotatable bonds is 1. The van der Waals surface area contributed by atoms with E-state index in [2.05, 4.69) is 0 Å². The van der Waals surface area contributed by atoms with E-state index in [0.717, 1.165) is 0 Å². The Morgan fingerprint density at radius 1 is 1.11 bits per heavy atom. The number of hydrazine groups is 2. The molecule has 0 aromatic carbocycles. The van der Waals surface area contributed by atoms with Crippen molar-refractivity contribution < 1.29 is 30.9 Å². The summed E-state index contributed by atoms with van der Waals surface area (Å²) in [6.45, 7) is 2.52. The molecule has 0 amide bonds. The number of nitrogens with zero attached hydrogens (tertiary/aromatic N) is 3. The minimum Gasteiger partial charge on any atom is -0.259 e. The van der Waals surface area contributed by atoms with E-state index >= 15 is 0 Å². The highest BCUT2D eigenvalue weighted by Gasteiger charge is 2.81. The van der Waals surface area contributed by atoms with Crippen molar-refractivity contribution in [2.75, 3.05) is 0 Å². The maximum atomic E-state index is 14.2. The lowest BCUT2D eigenvalue weighted by Gasteiger charge is -2.39. The summed E-state index contributed by atoms with van der Waals surface area (Å²) in [5.41, 5.74) is -1.18. The van der Waals surface area contributed by atoms with Crippen LogP contribution in [-0.2, 0) is 0 Å². The van der Waals surface area contributed by atoms with Gasteiger partial charge < -0.3 is 0 Å². The lowest BCUT2D eigenvalue weighted by Crippen LogP contribution is -2.63. The number of hydrogen-bond donors (Lipinski definition) is 0. The van der Waals surface area contributed by atoms with Gasteiger partial charge in [-0.25, -0.2) is 4.39 Å². The first-order valence-corrected chi connectivity index (χ1v) is 5.34. The maximum absolute atomic E-state index is 14.2. The molecule has 0 aromatic rings. The van der Waals surface area contributed by atoms with Crippen molar-refractivity contribution in [3.63, 3.8) is 0 Å². The van der Waals surface area contributed by atoms with Crippen molar-refractivity contribution in [1.82, 2.24) is 15.6 Å². The molecular formula is C9H10F7N3. The van der Waals surface area contributed by atoms with Crippen LogP contribution in [0.3, 0.4) is 0 Å². The van der Waals surface area contributed by atoms with Gasteiger partial charge in [0.2, 0.25) is 0 Å². The molecule has 2 rings (SSSR count). The molecule has 1 atom stereocenters. The van der Waals surface area contributed by atoms with Crippen LogP contribution in [0.1, 0.15) is 20.3 Å². The van der Waals surface area contributed by atoms with Gasteiger partial charge in [-0.3, -0.25) is 5.01 Å². The Bertz CT molecular complexity index is 424. The monoisotopic (exact) mass is 293 g/mol. The lowest BCUT2D eigenvalue weighted by atomic mass is 9.89. The highest BCUT2D eigenvalue weighted by molar-refractivity contribution is 5.29. The molecule has 2 aliphatic rings. The summed E-state index contributed by atoms with van der Waals surface area (Å²) in [4.78, 5) is 0. The van der Waals surface area contributed by atoms with Crippen LogP contribution in [0, 0.1) is 0 Å². The van der Waals surface area contributed by atoms with Crippen LogP contribution in [0.4, 0.5) is 30.9 Å². The zero-order chi connectivity index (χ0) is 14.8. The molecule has 1 aliphatic heterocycles. The largest absolute Gasteiger partial charge is 0.366 e. The maximum Gasteiger partial charge on any atom is 0.366 e. The molecule has 1 heterocycles. The van der Waals surface area contributed by atoms with E-state index in [-0.39, 0.29) is 5.01 Å². The fourth-order valence-corrected chi connectivity index (χ4v) is 2.10. The molecule has 1 fully saturated rings. The van der Waals surface area contributed by atoms with E-state index in [1.54, 1.807) is 0 Å². The number of hydrogen-bond acceptors (Lipinski definition) is 3. The summed E-state index contributed by atoms with van der Waals surface area (Å²) < 4.78 is 94.3. The first kappa shape index (κ1) is 14.4. The van der Waals surface area contributed by atoms with Gasteiger partial charge in [0.1, 0.15) is 0 Å². The molecule has 10 heteroatoms. The number of fused-ring (bicyclic) bond motifs is 1. The van der Waals surface area contributed by atoms with Gasteiger partial charge in [-0.15, -0.1) is 4.48 Å². The number of alkyl halides is 5. The van der Waals surface area contributed by atoms with Gasteiger partial charge in [-0.05, 0) is 13.8 Å². The quantitative estimate of drug-likeness (QED) is 0.418. The molecule has 19 heavy (non-hydrogen) atoms. The topological polar surface area (TPSA) is 9.72 Å². The van der Waals surface area contributed by atoms with E-state index in [0.29, 0.717) is 6.08 Å². The Hall–Kier alpha value is -1.03. The molecule has 0 aromatic heterocycles. The third-order valence-corrected chi connectivity index (χ3v) is 3.08. The minimum atomic E-state index is -5.41. The molecular weight excluding hydrogens is 283 g/mol. The van der Waals surface area contributed by atoms with E-state index in [1.807, 2.05) is 0 Å². The van der Waals surface area contributed by atoms with Crippen molar-refractivity contribution in [1.29, 1.82) is 0 Å². The summed E-state index contributed by atoms with van der Waals surface area (Å²) >= 11 is 0. The van der Waals surface area contributed by atoms with Gasteiger partial charge in [-0.1, -0.05) is 10.6 Å². The molecule has 1 aliphatic carbocycles. The molecule has 1 saturated heterocycles. The zero-order valence-corrected chi connectivity index (χ0v) is 9.85. The first-order chi connectivity index (χ1) is 8.48. The molecule has 0 spiro atoms. The van der Waals surface area contributed by atoms with Crippen LogP contribution >= 0.6 is 0 Å². The summed E-state index contributed by atoms with van der Waals surface area (Å²) in [7, 11) is 0. The Morgan fingerprint density at radius 2 is 1.63 bits per heavy atom. The van der Waals surface area contributed by atoms with Gasteiger partial charge in [0.15, 0.2) is 0 Å². The van der Waals surface area contributed by atoms with Crippen LogP contribution in [0.15, 0.2) is 11.8 Å². The third-order valence-electron chi connectivity index (χ3n) is 3.08. The van der Waals surface area contributed by atoms with Gasteiger partial charge in [0, 0.05) is 17.7 Å². The van der Waals surface area contributed by atoms with Crippen LogP contribution in [-0.4, -0.2) is 39.3 Å². The van der Waals surface area contributed by atoms with Crippen molar-refractivity contribution >= 4 is 0 Å². The predicted octanol–water partition coefficient (Wildman–Crippen LogP) is 3.14. The second-order valence-electron chi connectivity index (χ2n) is 4.63. The van der Waals surface area contributed by atoms with Crippen molar-refractivity contribution in [3.8, 4) is 0 Å². The predicted molar refractivity (Wildman–Crippen MR) is 49.3 cm³/mol. The van der Waals surface area contributed by atoms with Crippen LogP contribution in [0.2, 0.25) is 0 Å². The highest BCUT2D eigenvalue weighted by atomic mass is 19.3. The standard InChI is InChI=1S/C9H10F7N3/c1-5(2)17-6-3-4-7(10,11)9(13,14)8(6,12)18(15)19(17)16/h3,5H,4H2,1-2H3. The van der Waals surface area contributed by atoms with Gasteiger partial charge in [-0.2, -0.15) is 17.6 Å². The summed E-state index contributed by atoms with van der Waals surface area (Å²) in [6, 6.07) is -0.949. The molecule has 0 N–H and O–H groups in total. The highest BCUT2D eigenvalue weighted by Crippen LogP contribution is 2.59. The second-order valence-corrected chi connectivity index (χ2v) is 4.63. The molecule has 0 radical (unpaired) electrons. The Morgan fingerprint density at radius 3 is 2.11 bits per heavy atom. The van der Waals surface area contributed by atoms with Crippen LogP contribution < -0.4 is 0 Å². The Labute approximate surface area is 103 Å². The summed E-state index contributed by atoms with van der Waals surface area (Å²) in [5, 5.41) is -2.50. The van der Waals surface area contributed by atoms with Crippen molar-refractivity contribution in [2.24, 2.45) is 0 Å². The first-order valence-electron chi connectivity index (χ1n) is 5.34. The van der Waals surface area contributed by atoms with Gasteiger partial charge in [0.05, 0.1) is 11.0 Å². The van der Waals surface area contributed by atoms with Crippen LogP contribution in [0.5, 0.6) is 0 Å². The van der Waals surface area contributed by atoms with E-state index in [1.165, 1.54) is 13.8 Å². The molecule has 0 saturated carbocycles. The molecule has 110 valence electrons. The summed E-state index contributed by atoms with van der Waals surface area (Å²) in [6.07, 6.45) is -1.13. The third kappa shape index (κ3) is 1.46. The van der Waals surface area contributed by atoms with Gasteiger partial charge in [0.25, 0.3) is 0 Å². The van der Waals surface area contributed by atoms with Crippen molar-refractivity contribution in [2.45, 2.75) is 43.9 Å². The van der Waals surface area contributed by atoms with Crippen LogP contribution in [0.25, 0.3) is 0 Å². The molecule has 1 unspecified atom stereocenters. The average Bonchev–Trinajstić information content (AvgIpc) is 2.47. The smallest absolute Gasteiger partial charge is 0.259 e. The molecule has 0 bridgehead atoms. The Kier molecular flexibility index (Phi) is 2.84. The van der Waals surface area contributed by atoms with Gasteiger partial charge >= 0.3 is 17.6 Å². The minimum absolute atomic E-state index is 0.211. The SMILES string of the molecule is CC(C)N1C2=CCC(F)(F)C(F)(F)C2(F)N(F)N1F. The van der Waals surface area contributed by atoms with Crippen molar-refractivity contribution in [3.05, 3.63) is 11.8 Å². The average molecular weight is 293 g/mol. The fraction of sp³-hybridized carbons (Fsp3) is 0.778. The Balaban J connectivity index is 2.62.